The van der Waals surface area contributed by atoms with Crippen molar-refractivity contribution in [2.75, 3.05) is 25.0 Å². The van der Waals surface area contributed by atoms with Crippen molar-refractivity contribution in [3.63, 3.8) is 0 Å². The molecule has 1 aromatic carbocycles. The maximum absolute atomic E-state index is 12.4. The quantitative estimate of drug-likeness (QED) is 0.861. The van der Waals surface area contributed by atoms with Crippen LogP contribution in [0.15, 0.2) is 28.8 Å². The first-order valence-corrected chi connectivity index (χ1v) is 9.66. The highest BCUT2D eigenvalue weighted by Crippen LogP contribution is 2.39. The molecule has 1 amide bonds. The van der Waals surface area contributed by atoms with Gasteiger partial charge < -0.3 is 9.84 Å². The Labute approximate surface area is 154 Å². The highest BCUT2D eigenvalue weighted by Gasteiger charge is 2.32. The number of hydrogen-bond donors (Lipinski definition) is 1. The van der Waals surface area contributed by atoms with Gasteiger partial charge >= 0.3 is 0 Å². The largest absolute Gasteiger partial charge is 0.339 e. The molecule has 2 aromatic rings. The van der Waals surface area contributed by atoms with Crippen LogP contribution in [-0.2, 0) is 11.2 Å². The Morgan fingerprint density at radius 2 is 2.04 bits per heavy atom. The number of amides is 1. The van der Waals surface area contributed by atoms with Crippen LogP contribution in [0.25, 0.3) is 0 Å². The van der Waals surface area contributed by atoms with Crippen LogP contribution in [0.5, 0.6) is 0 Å². The van der Waals surface area contributed by atoms with Crippen LogP contribution in [0.1, 0.15) is 61.7 Å². The smallest absolute Gasteiger partial charge is 0.238 e. The molecule has 1 N–H and O–H groups in total. The van der Waals surface area contributed by atoms with E-state index in [2.05, 4.69) is 39.4 Å². The zero-order chi connectivity index (χ0) is 17.9. The molecule has 138 valence electrons. The first-order chi connectivity index (χ1) is 12.7. The van der Waals surface area contributed by atoms with E-state index < -0.39 is 0 Å². The minimum Gasteiger partial charge on any atom is -0.339 e. The minimum atomic E-state index is 0.0269. The Morgan fingerprint density at radius 3 is 2.77 bits per heavy atom. The number of anilines is 1. The Hall–Kier alpha value is -2.21. The molecule has 2 fully saturated rings. The first kappa shape index (κ1) is 17.2. The fraction of sp³-hybridized carbons (Fsp3) is 0.550. The number of rotatable bonds is 6. The molecule has 1 aliphatic heterocycles. The lowest BCUT2D eigenvalue weighted by Crippen LogP contribution is -2.39. The van der Waals surface area contributed by atoms with Crippen LogP contribution in [0.3, 0.4) is 0 Å². The van der Waals surface area contributed by atoms with Gasteiger partial charge in [-0.25, -0.2) is 0 Å². The number of hydrogen-bond acceptors (Lipinski definition) is 5. The van der Waals surface area contributed by atoms with Crippen molar-refractivity contribution in [1.29, 1.82) is 0 Å². The van der Waals surface area contributed by atoms with Gasteiger partial charge in [0.15, 0.2) is 5.82 Å². The molecule has 2 aliphatic rings. The van der Waals surface area contributed by atoms with E-state index in [1.807, 2.05) is 12.1 Å². The first-order valence-electron chi connectivity index (χ1n) is 9.66. The second-order valence-electron chi connectivity index (χ2n) is 7.44. The lowest BCUT2D eigenvalue weighted by Gasteiger charge is -2.30. The fourth-order valence-electron chi connectivity index (χ4n) is 3.55. The summed E-state index contributed by atoms with van der Waals surface area (Å²) in [5.41, 5.74) is 2.12. The van der Waals surface area contributed by atoms with Crippen LogP contribution < -0.4 is 5.32 Å². The number of likely N-dealkylation sites (tertiary alicyclic amines) is 1. The third-order valence-corrected chi connectivity index (χ3v) is 5.27. The van der Waals surface area contributed by atoms with Gasteiger partial charge in [0.2, 0.25) is 11.8 Å². The van der Waals surface area contributed by atoms with Crippen LogP contribution >= 0.6 is 0 Å². The maximum atomic E-state index is 12.4. The molecule has 1 aromatic heterocycles. The van der Waals surface area contributed by atoms with E-state index in [4.69, 9.17) is 4.52 Å². The predicted octanol–water partition coefficient (Wildman–Crippen LogP) is 3.33. The summed E-state index contributed by atoms with van der Waals surface area (Å²) in [7, 11) is 0. The van der Waals surface area contributed by atoms with Gasteiger partial charge in [0.05, 0.1) is 12.5 Å². The summed E-state index contributed by atoms with van der Waals surface area (Å²) >= 11 is 0. The summed E-state index contributed by atoms with van der Waals surface area (Å²) in [5.74, 6) is 2.38. The lowest BCUT2D eigenvalue weighted by molar-refractivity contribution is -0.117. The summed E-state index contributed by atoms with van der Waals surface area (Å²) in [6.07, 6.45) is 5.44. The van der Waals surface area contributed by atoms with Crippen molar-refractivity contribution in [2.24, 2.45) is 0 Å². The third-order valence-electron chi connectivity index (χ3n) is 5.27. The van der Waals surface area contributed by atoms with E-state index in [1.54, 1.807) is 0 Å². The second kappa shape index (κ2) is 7.58. The molecule has 1 saturated heterocycles. The van der Waals surface area contributed by atoms with Crippen LogP contribution in [0, 0.1) is 0 Å². The summed E-state index contributed by atoms with van der Waals surface area (Å²) in [6, 6.07) is 8.04. The van der Waals surface area contributed by atoms with Gasteiger partial charge in [0.25, 0.3) is 0 Å². The van der Waals surface area contributed by atoms with Gasteiger partial charge in [-0.2, -0.15) is 4.98 Å². The molecule has 0 bridgehead atoms. The topological polar surface area (TPSA) is 71.3 Å². The van der Waals surface area contributed by atoms with Gasteiger partial charge in [0, 0.05) is 18.2 Å². The average molecular weight is 354 g/mol. The average Bonchev–Trinajstić information content (AvgIpc) is 3.39. The Bertz CT molecular complexity index is 751. The van der Waals surface area contributed by atoms with Crippen LogP contribution in [0.4, 0.5) is 5.69 Å². The number of nitrogens with one attached hydrogen (secondary N) is 1. The molecule has 2 heterocycles. The van der Waals surface area contributed by atoms with Crippen LogP contribution in [-0.4, -0.2) is 40.6 Å². The Kier molecular flexibility index (Phi) is 5.02. The maximum Gasteiger partial charge on any atom is 0.238 e. The van der Waals surface area contributed by atoms with Crippen molar-refractivity contribution in [3.8, 4) is 0 Å². The summed E-state index contributed by atoms with van der Waals surface area (Å²) < 4.78 is 5.49. The second-order valence-corrected chi connectivity index (χ2v) is 7.44. The molecule has 1 unspecified atom stereocenters. The Morgan fingerprint density at radius 1 is 1.23 bits per heavy atom. The van der Waals surface area contributed by atoms with Crippen molar-refractivity contribution < 1.29 is 9.32 Å². The molecular weight excluding hydrogens is 328 g/mol. The lowest BCUT2D eigenvalue weighted by atomic mass is 9.98. The SMILES string of the molecule is CCc1ccc(NC(=O)CN2CCCC(c3nc(C4CC4)no3)C2)cc1. The van der Waals surface area contributed by atoms with Crippen molar-refractivity contribution in [2.45, 2.75) is 50.9 Å². The number of aromatic nitrogens is 2. The van der Waals surface area contributed by atoms with Crippen molar-refractivity contribution in [1.82, 2.24) is 15.0 Å². The number of carbonyl (C=O) groups is 1. The summed E-state index contributed by atoms with van der Waals surface area (Å²) in [4.78, 5) is 19.1. The number of nitrogens with zero attached hydrogens (tertiary/aromatic N) is 3. The molecule has 4 rings (SSSR count). The van der Waals surface area contributed by atoms with Gasteiger partial charge in [-0.3, -0.25) is 9.69 Å². The molecule has 26 heavy (non-hydrogen) atoms. The highest BCUT2D eigenvalue weighted by atomic mass is 16.5. The van der Waals surface area contributed by atoms with E-state index in [-0.39, 0.29) is 11.8 Å². The van der Waals surface area contributed by atoms with Crippen molar-refractivity contribution in [3.05, 3.63) is 41.5 Å². The standard InChI is InChI=1S/C20H26N4O2/c1-2-14-5-9-17(10-6-14)21-18(25)13-24-11-3-4-16(12-24)20-22-19(23-26-20)15-7-8-15/h5-6,9-10,15-16H,2-4,7-8,11-13H2,1H3,(H,21,25). The Balaban J connectivity index is 1.31. The number of aryl methyl sites for hydroxylation is 1. The molecule has 0 radical (unpaired) electrons. The van der Waals surface area contributed by atoms with E-state index in [9.17, 15) is 4.79 Å². The van der Waals surface area contributed by atoms with Gasteiger partial charge in [-0.15, -0.1) is 0 Å². The summed E-state index contributed by atoms with van der Waals surface area (Å²) in [5, 5.41) is 7.12. The normalized spacial score (nSPS) is 20.9. The third kappa shape index (κ3) is 4.12. The van der Waals surface area contributed by atoms with Crippen molar-refractivity contribution >= 4 is 11.6 Å². The number of piperidine rings is 1. The van der Waals surface area contributed by atoms with Gasteiger partial charge in [-0.1, -0.05) is 24.2 Å². The molecule has 6 nitrogen and oxygen atoms in total. The van der Waals surface area contributed by atoms with E-state index >= 15 is 0 Å². The highest BCUT2D eigenvalue weighted by molar-refractivity contribution is 5.92. The van der Waals surface area contributed by atoms with E-state index in [0.29, 0.717) is 12.5 Å². The molecule has 6 heteroatoms. The van der Waals surface area contributed by atoms with Crippen LogP contribution in [0.2, 0.25) is 0 Å². The zero-order valence-corrected chi connectivity index (χ0v) is 15.3. The van der Waals surface area contributed by atoms with Gasteiger partial charge in [0.1, 0.15) is 0 Å². The summed E-state index contributed by atoms with van der Waals surface area (Å²) in [6.45, 7) is 4.25. The minimum absolute atomic E-state index is 0.0269. The number of carbonyl (C=O) groups excluding carboxylic acids is 1. The molecule has 0 spiro atoms. The predicted molar refractivity (Wildman–Crippen MR) is 99.1 cm³/mol. The monoisotopic (exact) mass is 354 g/mol. The molecule has 1 saturated carbocycles. The number of benzene rings is 1. The fourth-order valence-corrected chi connectivity index (χ4v) is 3.55. The van der Waals surface area contributed by atoms with E-state index in [1.165, 1.54) is 18.4 Å². The van der Waals surface area contributed by atoms with E-state index in [0.717, 1.165) is 49.8 Å². The molecule has 1 atom stereocenters. The van der Waals surface area contributed by atoms with Gasteiger partial charge in [-0.05, 0) is 56.3 Å². The zero-order valence-electron chi connectivity index (χ0n) is 15.3. The molecular formula is C20H26N4O2. The molecule has 1 aliphatic carbocycles.